The fourth-order valence-corrected chi connectivity index (χ4v) is 2.65. The van der Waals surface area contributed by atoms with Crippen LogP contribution in [0.1, 0.15) is 18.1 Å². The van der Waals surface area contributed by atoms with E-state index in [2.05, 4.69) is 5.10 Å². The molecular weight excluding hydrogens is 302 g/mol. The highest BCUT2D eigenvalue weighted by Crippen LogP contribution is 2.26. The molecule has 0 saturated carbocycles. The number of nitrogens with zero attached hydrogens (tertiary/aromatic N) is 2. The Hall–Kier alpha value is -3.08. The molecule has 0 radical (unpaired) electrons. The van der Waals surface area contributed by atoms with Gasteiger partial charge in [0.15, 0.2) is 0 Å². The van der Waals surface area contributed by atoms with Crippen molar-refractivity contribution in [1.29, 1.82) is 0 Å². The Labute approximate surface area is 140 Å². The number of anilines is 1. The highest BCUT2D eigenvalue weighted by Gasteiger charge is 2.07. The number of nitrogens with two attached hydrogens (primary N) is 1. The van der Waals surface area contributed by atoms with Gasteiger partial charge in [-0.25, -0.2) is 0 Å². The molecule has 1 heterocycles. The van der Waals surface area contributed by atoms with Crippen molar-refractivity contribution in [3.63, 3.8) is 0 Å². The van der Waals surface area contributed by atoms with E-state index in [-0.39, 0.29) is 5.56 Å². The summed E-state index contributed by atoms with van der Waals surface area (Å²) in [6.07, 6.45) is 1.63. The van der Waals surface area contributed by atoms with Crippen LogP contribution in [0.5, 0.6) is 5.75 Å². The zero-order chi connectivity index (χ0) is 17.1. The molecule has 2 aromatic carbocycles. The van der Waals surface area contributed by atoms with Crippen molar-refractivity contribution in [2.24, 2.45) is 5.10 Å². The second-order valence-corrected chi connectivity index (χ2v) is 5.48. The molecule has 0 aliphatic heterocycles. The third-order valence-electron chi connectivity index (χ3n) is 3.71. The number of aryl methyl sites for hydroxylation is 1. The summed E-state index contributed by atoms with van der Waals surface area (Å²) in [5, 5.41) is 6.36. The summed E-state index contributed by atoms with van der Waals surface area (Å²) in [5.74, 6) is 1.02. The first-order chi connectivity index (χ1) is 11.6. The van der Waals surface area contributed by atoms with E-state index in [0.29, 0.717) is 12.4 Å². The van der Waals surface area contributed by atoms with Crippen LogP contribution < -0.4 is 16.0 Å². The van der Waals surface area contributed by atoms with Gasteiger partial charge < -0.3 is 10.5 Å². The minimum absolute atomic E-state index is 0.262. The van der Waals surface area contributed by atoms with E-state index in [1.54, 1.807) is 12.3 Å². The van der Waals surface area contributed by atoms with Gasteiger partial charge in [-0.15, -0.1) is 0 Å². The second kappa shape index (κ2) is 6.58. The molecule has 0 spiro atoms. The molecule has 0 aliphatic carbocycles. The van der Waals surface area contributed by atoms with Crippen LogP contribution in [-0.4, -0.2) is 17.5 Å². The molecule has 2 N–H and O–H groups in total. The molecule has 1 aromatic heterocycles. The first-order valence-corrected chi connectivity index (χ1v) is 7.78. The van der Waals surface area contributed by atoms with Crippen molar-refractivity contribution in [1.82, 2.24) is 4.68 Å². The van der Waals surface area contributed by atoms with Crippen molar-refractivity contribution < 1.29 is 4.74 Å². The minimum atomic E-state index is -0.262. The largest absolute Gasteiger partial charge is 0.493 e. The van der Waals surface area contributed by atoms with Gasteiger partial charge >= 0.3 is 0 Å². The third kappa shape index (κ3) is 3.01. The van der Waals surface area contributed by atoms with E-state index in [1.165, 1.54) is 10.7 Å². The molecule has 0 unspecified atom stereocenters. The predicted octanol–water partition coefficient (Wildman–Crippen LogP) is 3.17. The number of aromatic nitrogens is 1. The summed E-state index contributed by atoms with van der Waals surface area (Å²) in [6, 6.07) is 15.1. The fourth-order valence-electron chi connectivity index (χ4n) is 2.65. The van der Waals surface area contributed by atoms with Crippen molar-refractivity contribution in [3.05, 3.63) is 70.0 Å². The van der Waals surface area contributed by atoms with E-state index in [0.717, 1.165) is 27.6 Å². The lowest BCUT2D eigenvalue weighted by Crippen LogP contribution is -2.19. The van der Waals surface area contributed by atoms with Gasteiger partial charge in [0.05, 0.1) is 12.8 Å². The summed E-state index contributed by atoms with van der Waals surface area (Å²) in [5.41, 5.74) is 7.28. The van der Waals surface area contributed by atoms with Crippen molar-refractivity contribution in [3.8, 4) is 5.75 Å². The number of fused-ring (bicyclic) bond motifs is 1. The first kappa shape index (κ1) is 15.8. The van der Waals surface area contributed by atoms with Gasteiger partial charge in [-0.2, -0.15) is 9.78 Å². The van der Waals surface area contributed by atoms with Crippen LogP contribution in [-0.2, 0) is 0 Å². The second-order valence-electron chi connectivity index (χ2n) is 5.48. The topological polar surface area (TPSA) is 69.6 Å². The quantitative estimate of drug-likeness (QED) is 0.750. The lowest BCUT2D eigenvalue weighted by Gasteiger charge is -2.10. The average molecular weight is 321 g/mol. The zero-order valence-corrected chi connectivity index (χ0v) is 13.7. The van der Waals surface area contributed by atoms with E-state index >= 15 is 0 Å². The maximum absolute atomic E-state index is 12.1. The van der Waals surface area contributed by atoms with E-state index < -0.39 is 0 Å². The highest BCUT2D eigenvalue weighted by molar-refractivity contribution is 6.02. The molecule has 3 aromatic rings. The van der Waals surface area contributed by atoms with Crippen LogP contribution in [0.15, 0.2) is 58.4 Å². The Balaban J connectivity index is 2.15. The number of rotatable bonds is 4. The molecule has 0 amide bonds. The average Bonchev–Trinajstić information content (AvgIpc) is 2.55. The molecule has 0 saturated heterocycles. The SMILES string of the molecule is CCOc1ccc2ccccc2c1/C=N\n1c(N)cc(C)cc1=O. The predicted molar refractivity (Wildman–Crippen MR) is 98.0 cm³/mol. The standard InChI is InChI=1S/C19H19N3O2/c1-3-24-17-9-8-14-6-4-5-7-15(14)16(17)12-21-22-18(20)10-13(2)11-19(22)23/h4-12H,3,20H2,1-2H3/b21-12-. The number of pyridine rings is 1. The summed E-state index contributed by atoms with van der Waals surface area (Å²) >= 11 is 0. The Morgan fingerprint density at radius 1 is 1.21 bits per heavy atom. The number of benzene rings is 2. The van der Waals surface area contributed by atoms with Gasteiger partial charge in [0.25, 0.3) is 5.56 Å². The number of hydrogen-bond acceptors (Lipinski definition) is 4. The number of nitrogen functional groups attached to an aromatic ring is 1. The van der Waals surface area contributed by atoms with Crippen molar-refractivity contribution in [2.75, 3.05) is 12.3 Å². The van der Waals surface area contributed by atoms with Gasteiger partial charge in [-0.05, 0) is 42.3 Å². The zero-order valence-electron chi connectivity index (χ0n) is 13.7. The van der Waals surface area contributed by atoms with Crippen LogP contribution in [0.4, 0.5) is 5.82 Å². The molecule has 122 valence electrons. The number of ether oxygens (including phenoxy) is 1. The molecular formula is C19H19N3O2. The Bertz CT molecular complexity index is 974. The fraction of sp³-hybridized carbons (Fsp3) is 0.158. The minimum Gasteiger partial charge on any atom is -0.493 e. The smallest absolute Gasteiger partial charge is 0.273 e. The molecule has 0 bridgehead atoms. The van der Waals surface area contributed by atoms with Crippen LogP contribution in [0.3, 0.4) is 0 Å². The van der Waals surface area contributed by atoms with Gasteiger partial charge in [-0.1, -0.05) is 30.3 Å². The monoisotopic (exact) mass is 321 g/mol. The molecule has 5 nitrogen and oxygen atoms in total. The maximum Gasteiger partial charge on any atom is 0.273 e. The lowest BCUT2D eigenvalue weighted by atomic mass is 10.0. The van der Waals surface area contributed by atoms with Gasteiger partial charge in [0, 0.05) is 11.6 Å². The molecule has 0 atom stereocenters. The summed E-state index contributed by atoms with van der Waals surface area (Å²) in [4.78, 5) is 12.1. The van der Waals surface area contributed by atoms with Crippen LogP contribution in [0, 0.1) is 6.92 Å². The van der Waals surface area contributed by atoms with Gasteiger partial charge in [0.2, 0.25) is 0 Å². The molecule has 0 aliphatic rings. The van der Waals surface area contributed by atoms with Crippen LogP contribution >= 0.6 is 0 Å². The maximum atomic E-state index is 12.1. The lowest BCUT2D eigenvalue weighted by molar-refractivity contribution is 0.340. The molecule has 5 heteroatoms. The molecule has 24 heavy (non-hydrogen) atoms. The number of hydrogen-bond donors (Lipinski definition) is 1. The van der Waals surface area contributed by atoms with E-state index in [9.17, 15) is 4.79 Å². The van der Waals surface area contributed by atoms with Gasteiger partial charge in [0.1, 0.15) is 11.6 Å². The van der Waals surface area contributed by atoms with E-state index in [4.69, 9.17) is 10.5 Å². The van der Waals surface area contributed by atoms with Crippen LogP contribution in [0.25, 0.3) is 10.8 Å². The van der Waals surface area contributed by atoms with Gasteiger partial charge in [-0.3, -0.25) is 4.79 Å². The first-order valence-electron chi connectivity index (χ1n) is 7.78. The van der Waals surface area contributed by atoms with Crippen molar-refractivity contribution in [2.45, 2.75) is 13.8 Å². The third-order valence-corrected chi connectivity index (χ3v) is 3.71. The summed E-state index contributed by atoms with van der Waals surface area (Å²) in [6.45, 7) is 4.30. The summed E-state index contributed by atoms with van der Waals surface area (Å²) in [7, 11) is 0. The highest BCUT2D eigenvalue weighted by atomic mass is 16.5. The Kier molecular flexibility index (Phi) is 4.33. The van der Waals surface area contributed by atoms with E-state index in [1.807, 2.05) is 50.2 Å². The molecule has 3 rings (SSSR count). The summed E-state index contributed by atoms with van der Waals surface area (Å²) < 4.78 is 6.89. The Morgan fingerprint density at radius 3 is 2.75 bits per heavy atom. The van der Waals surface area contributed by atoms with Crippen molar-refractivity contribution >= 4 is 22.8 Å². The molecule has 0 fully saturated rings. The normalized spacial score (nSPS) is 11.2. The van der Waals surface area contributed by atoms with Crippen LogP contribution in [0.2, 0.25) is 0 Å². The Morgan fingerprint density at radius 2 is 2.00 bits per heavy atom.